The third-order valence-electron chi connectivity index (χ3n) is 7.12. The number of carbonyl (C=O) groups is 1. The van der Waals surface area contributed by atoms with Crippen LogP contribution in [0.4, 0.5) is 0 Å². The molecule has 4 aromatic rings. The largest absolute Gasteiger partial charge is 0.480 e. The third-order valence-corrected chi connectivity index (χ3v) is 8.01. The van der Waals surface area contributed by atoms with Gasteiger partial charge in [0.25, 0.3) is 5.19 Å². The first-order chi connectivity index (χ1) is 16.2. The Labute approximate surface area is 195 Å². The van der Waals surface area contributed by atoms with E-state index in [-0.39, 0.29) is 0 Å². The average Bonchev–Trinajstić information content (AvgIpc) is 3.42. The number of benzene rings is 1. The van der Waals surface area contributed by atoms with Gasteiger partial charge in [0, 0.05) is 35.8 Å². The highest BCUT2D eigenvalue weighted by Crippen LogP contribution is 2.40. The molecule has 2 aliphatic rings. The van der Waals surface area contributed by atoms with Gasteiger partial charge in [-0.15, -0.1) is 0 Å². The molecule has 0 radical (unpaired) electrons. The molecule has 1 N–H and O–H groups in total. The number of piperidine rings is 1. The van der Waals surface area contributed by atoms with E-state index in [4.69, 9.17) is 9.15 Å². The topological polar surface area (TPSA) is 88.7 Å². The maximum absolute atomic E-state index is 12.0. The summed E-state index contributed by atoms with van der Waals surface area (Å²) in [5, 5.41) is 11.4. The van der Waals surface area contributed by atoms with Gasteiger partial charge in [-0.1, -0.05) is 24.2 Å². The highest BCUT2D eigenvalue weighted by molar-refractivity contribution is 7.20. The molecule has 170 valence electrons. The minimum Gasteiger partial charge on any atom is -0.480 e. The molecule has 0 amide bonds. The van der Waals surface area contributed by atoms with Crippen molar-refractivity contribution < 1.29 is 19.1 Å². The van der Waals surface area contributed by atoms with Crippen LogP contribution < -0.4 is 4.74 Å². The second kappa shape index (κ2) is 8.43. The number of nitrogens with zero attached hydrogens (tertiary/aromatic N) is 3. The Bertz CT molecular complexity index is 1280. The zero-order chi connectivity index (χ0) is 22.4. The van der Waals surface area contributed by atoms with Gasteiger partial charge in [0.15, 0.2) is 5.65 Å². The summed E-state index contributed by atoms with van der Waals surface area (Å²) >= 11 is 1.45. The molecule has 6 rings (SSSR count). The monoisotopic (exact) mass is 463 g/mol. The van der Waals surface area contributed by atoms with Crippen molar-refractivity contribution >= 4 is 38.6 Å². The number of furan rings is 1. The number of fused-ring (bicyclic) bond motifs is 3. The second-order valence-electron chi connectivity index (χ2n) is 9.04. The minimum atomic E-state index is -0.715. The standard InChI is InChI=1S/C25H25N3O4S/c29-24(30)20-10-7-15-4-1-2-5-19(15)28(20)13-16-14-31-21-12-17(8-9-18(16)21)32-25-27-23-22(33-25)6-3-11-26-23/h3,6,8-9,11-12,14-15,19-20H,1-2,4-5,7,10,13H2,(H,29,30). The molecule has 0 bridgehead atoms. The summed E-state index contributed by atoms with van der Waals surface area (Å²) in [5.41, 5.74) is 2.43. The fourth-order valence-corrected chi connectivity index (χ4v) is 6.36. The van der Waals surface area contributed by atoms with Crippen molar-refractivity contribution in [2.75, 3.05) is 0 Å². The van der Waals surface area contributed by atoms with Crippen LogP contribution in [-0.4, -0.2) is 38.0 Å². The maximum atomic E-state index is 12.0. The molecule has 1 aromatic carbocycles. The van der Waals surface area contributed by atoms with Crippen molar-refractivity contribution in [3.05, 3.63) is 48.4 Å². The number of hydrogen-bond acceptors (Lipinski definition) is 7. The first-order valence-corrected chi connectivity index (χ1v) is 12.4. The summed E-state index contributed by atoms with van der Waals surface area (Å²) < 4.78 is 12.8. The predicted octanol–water partition coefficient (Wildman–Crippen LogP) is 5.84. The van der Waals surface area contributed by atoms with Crippen molar-refractivity contribution in [2.45, 2.75) is 57.2 Å². The fourth-order valence-electron chi connectivity index (χ4n) is 5.56. The summed E-state index contributed by atoms with van der Waals surface area (Å²) in [6.45, 7) is 0.592. The van der Waals surface area contributed by atoms with E-state index in [2.05, 4.69) is 14.9 Å². The van der Waals surface area contributed by atoms with Crippen LogP contribution in [0.3, 0.4) is 0 Å². The molecular weight excluding hydrogens is 438 g/mol. The van der Waals surface area contributed by atoms with Gasteiger partial charge in [0.1, 0.15) is 17.4 Å². The normalized spacial score (nSPS) is 23.6. The molecule has 1 aliphatic carbocycles. The van der Waals surface area contributed by atoms with E-state index in [1.165, 1.54) is 30.6 Å². The van der Waals surface area contributed by atoms with Crippen molar-refractivity contribution in [3.63, 3.8) is 0 Å². The lowest BCUT2D eigenvalue weighted by Gasteiger charge is -2.47. The number of aliphatic carboxylic acids is 1. The Balaban J connectivity index is 1.26. The molecular formula is C25H25N3O4S. The third kappa shape index (κ3) is 3.87. The molecule has 4 heterocycles. The van der Waals surface area contributed by atoms with Gasteiger partial charge in [-0.2, -0.15) is 4.98 Å². The highest BCUT2D eigenvalue weighted by Gasteiger charge is 2.41. The van der Waals surface area contributed by atoms with Crippen molar-refractivity contribution in [2.24, 2.45) is 5.92 Å². The smallest absolute Gasteiger partial charge is 0.320 e. The lowest BCUT2D eigenvalue weighted by molar-refractivity contribution is -0.148. The zero-order valence-corrected chi connectivity index (χ0v) is 19.0. The SMILES string of the molecule is O=C(O)C1CCC2CCCCC2N1Cc1coc2cc(Oc3nc4ncccc4s3)ccc12. The van der Waals surface area contributed by atoms with E-state index < -0.39 is 12.0 Å². The van der Waals surface area contributed by atoms with Gasteiger partial charge >= 0.3 is 5.97 Å². The van der Waals surface area contributed by atoms with Crippen LogP contribution in [-0.2, 0) is 11.3 Å². The molecule has 7 nitrogen and oxygen atoms in total. The number of hydrogen-bond donors (Lipinski definition) is 1. The molecule has 1 aliphatic heterocycles. The van der Waals surface area contributed by atoms with Crippen LogP contribution >= 0.6 is 11.3 Å². The lowest BCUT2D eigenvalue weighted by atomic mass is 9.76. The Morgan fingerprint density at radius 1 is 1.21 bits per heavy atom. The molecule has 3 atom stereocenters. The van der Waals surface area contributed by atoms with Crippen LogP contribution in [0.15, 0.2) is 47.2 Å². The summed E-state index contributed by atoms with van der Waals surface area (Å²) in [6.07, 6.45) is 9.96. The van der Waals surface area contributed by atoms with Crippen LogP contribution in [0.5, 0.6) is 10.9 Å². The lowest BCUT2D eigenvalue weighted by Crippen LogP contribution is -2.54. The van der Waals surface area contributed by atoms with E-state index in [0.29, 0.717) is 35.1 Å². The Hall–Kier alpha value is -2.97. The van der Waals surface area contributed by atoms with E-state index in [9.17, 15) is 9.90 Å². The zero-order valence-electron chi connectivity index (χ0n) is 18.1. The van der Waals surface area contributed by atoms with Crippen molar-refractivity contribution in [1.29, 1.82) is 0 Å². The molecule has 3 aromatic heterocycles. The Morgan fingerprint density at radius 2 is 2.12 bits per heavy atom. The number of carboxylic acids is 1. The van der Waals surface area contributed by atoms with Gasteiger partial charge in [0.2, 0.25) is 0 Å². The number of ether oxygens (including phenoxy) is 1. The second-order valence-corrected chi connectivity index (χ2v) is 10.0. The molecule has 33 heavy (non-hydrogen) atoms. The van der Waals surface area contributed by atoms with Crippen molar-refractivity contribution in [3.8, 4) is 10.9 Å². The summed E-state index contributed by atoms with van der Waals surface area (Å²) in [5.74, 6) is 0.542. The maximum Gasteiger partial charge on any atom is 0.320 e. The van der Waals surface area contributed by atoms with Gasteiger partial charge < -0.3 is 14.3 Å². The number of likely N-dealkylation sites (tertiary alicyclic amines) is 1. The van der Waals surface area contributed by atoms with E-state index in [0.717, 1.165) is 40.5 Å². The molecule has 1 saturated carbocycles. The van der Waals surface area contributed by atoms with E-state index in [1.54, 1.807) is 12.5 Å². The number of rotatable bonds is 5. The van der Waals surface area contributed by atoms with E-state index >= 15 is 0 Å². The summed E-state index contributed by atoms with van der Waals surface area (Å²) in [7, 11) is 0. The minimum absolute atomic E-state index is 0.341. The average molecular weight is 464 g/mol. The van der Waals surface area contributed by atoms with Crippen LogP contribution in [0.1, 0.15) is 44.1 Å². The molecule has 8 heteroatoms. The summed E-state index contributed by atoms with van der Waals surface area (Å²) in [6, 6.07) is 9.54. The molecule has 0 spiro atoms. The van der Waals surface area contributed by atoms with Crippen LogP contribution in [0.25, 0.3) is 21.3 Å². The highest BCUT2D eigenvalue weighted by atomic mass is 32.1. The van der Waals surface area contributed by atoms with Gasteiger partial charge in [-0.25, -0.2) is 4.98 Å². The predicted molar refractivity (Wildman–Crippen MR) is 126 cm³/mol. The quantitative estimate of drug-likeness (QED) is 0.398. The van der Waals surface area contributed by atoms with E-state index in [1.807, 2.05) is 30.3 Å². The number of thiazole rings is 1. The summed E-state index contributed by atoms with van der Waals surface area (Å²) in [4.78, 5) is 22.9. The van der Waals surface area contributed by atoms with Gasteiger partial charge in [0.05, 0.1) is 11.0 Å². The van der Waals surface area contributed by atoms with Gasteiger partial charge in [-0.05, 0) is 55.9 Å². The molecule has 2 fully saturated rings. The van der Waals surface area contributed by atoms with Crippen molar-refractivity contribution in [1.82, 2.24) is 14.9 Å². The first kappa shape index (κ1) is 20.6. The molecule has 3 unspecified atom stereocenters. The van der Waals surface area contributed by atoms with Crippen LogP contribution in [0.2, 0.25) is 0 Å². The number of carboxylic acid groups (broad SMARTS) is 1. The molecule has 1 saturated heterocycles. The van der Waals surface area contributed by atoms with Gasteiger partial charge in [-0.3, -0.25) is 9.69 Å². The van der Waals surface area contributed by atoms with Crippen LogP contribution in [0, 0.1) is 5.92 Å². The number of aromatic nitrogens is 2. The first-order valence-electron chi connectivity index (χ1n) is 11.5. The Kier molecular flexibility index (Phi) is 5.27. The fraction of sp³-hybridized carbons (Fsp3) is 0.400. The Morgan fingerprint density at radius 3 is 3.00 bits per heavy atom. The number of pyridine rings is 1.